The van der Waals surface area contributed by atoms with Crippen molar-refractivity contribution in [2.24, 2.45) is 5.41 Å². The highest BCUT2D eigenvalue weighted by molar-refractivity contribution is 4.99. The summed E-state index contributed by atoms with van der Waals surface area (Å²) in [5.74, 6) is 0. The molecule has 0 aromatic heterocycles. The van der Waals surface area contributed by atoms with Crippen LogP contribution in [0.1, 0.15) is 90.4 Å². The van der Waals surface area contributed by atoms with E-state index in [9.17, 15) is 5.26 Å². The lowest BCUT2D eigenvalue weighted by Crippen LogP contribution is -2.17. The molecule has 0 amide bonds. The SMILES string of the molecule is CCCCCCCCC1(C#N)CCCCCC1. The van der Waals surface area contributed by atoms with Gasteiger partial charge in [-0.05, 0) is 19.3 Å². The molecule has 0 unspecified atom stereocenters. The minimum Gasteiger partial charge on any atom is -0.198 e. The predicted molar refractivity (Wildman–Crippen MR) is 73.7 cm³/mol. The number of unbranched alkanes of at least 4 members (excludes halogenated alkanes) is 5. The fraction of sp³-hybridized carbons (Fsp3) is 0.938. The highest BCUT2D eigenvalue weighted by atomic mass is 14.4. The molecule has 1 fully saturated rings. The van der Waals surface area contributed by atoms with Crippen LogP contribution in [-0.4, -0.2) is 0 Å². The van der Waals surface area contributed by atoms with E-state index in [-0.39, 0.29) is 5.41 Å². The fourth-order valence-electron chi connectivity index (χ4n) is 3.07. The summed E-state index contributed by atoms with van der Waals surface area (Å²) < 4.78 is 0. The van der Waals surface area contributed by atoms with Gasteiger partial charge >= 0.3 is 0 Å². The van der Waals surface area contributed by atoms with Crippen LogP contribution in [0.3, 0.4) is 0 Å². The van der Waals surface area contributed by atoms with Gasteiger partial charge < -0.3 is 0 Å². The molecule has 98 valence electrons. The third-order valence-electron chi connectivity index (χ3n) is 4.31. The molecule has 17 heavy (non-hydrogen) atoms. The first kappa shape index (κ1) is 14.6. The van der Waals surface area contributed by atoms with Crippen molar-refractivity contribution in [2.45, 2.75) is 90.4 Å². The molecule has 1 aliphatic carbocycles. The van der Waals surface area contributed by atoms with Gasteiger partial charge in [-0.25, -0.2) is 0 Å². The van der Waals surface area contributed by atoms with Crippen molar-refractivity contribution >= 4 is 0 Å². The van der Waals surface area contributed by atoms with Crippen molar-refractivity contribution < 1.29 is 0 Å². The van der Waals surface area contributed by atoms with E-state index >= 15 is 0 Å². The van der Waals surface area contributed by atoms with E-state index in [1.165, 1.54) is 77.0 Å². The van der Waals surface area contributed by atoms with Gasteiger partial charge in [0.25, 0.3) is 0 Å². The van der Waals surface area contributed by atoms with Crippen LogP contribution in [0.15, 0.2) is 0 Å². The zero-order chi connectivity index (χ0) is 12.4. The van der Waals surface area contributed by atoms with Crippen LogP contribution in [0.25, 0.3) is 0 Å². The Morgan fingerprint density at radius 2 is 1.47 bits per heavy atom. The zero-order valence-electron chi connectivity index (χ0n) is 11.6. The van der Waals surface area contributed by atoms with Gasteiger partial charge in [-0.3, -0.25) is 0 Å². The van der Waals surface area contributed by atoms with Gasteiger partial charge in [0.2, 0.25) is 0 Å². The topological polar surface area (TPSA) is 23.8 Å². The lowest BCUT2D eigenvalue weighted by Gasteiger charge is -2.24. The Morgan fingerprint density at radius 1 is 0.882 bits per heavy atom. The molecule has 0 radical (unpaired) electrons. The molecule has 0 heterocycles. The first-order chi connectivity index (χ1) is 8.33. The smallest absolute Gasteiger partial charge is 0.0689 e. The second kappa shape index (κ2) is 8.56. The third kappa shape index (κ3) is 5.57. The summed E-state index contributed by atoms with van der Waals surface area (Å²) in [6, 6.07) is 2.66. The molecule has 1 rings (SSSR count). The Morgan fingerprint density at radius 3 is 2.06 bits per heavy atom. The molecule has 0 spiro atoms. The normalized spacial score (nSPS) is 19.5. The summed E-state index contributed by atoms with van der Waals surface area (Å²) in [5.41, 5.74) is 0.0568. The second-order valence-corrected chi connectivity index (χ2v) is 5.82. The van der Waals surface area contributed by atoms with E-state index in [2.05, 4.69) is 13.0 Å². The van der Waals surface area contributed by atoms with Crippen molar-refractivity contribution in [3.05, 3.63) is 0 Å². The van der Waals surface area contributed by atoms with Crippen molar-refractivity contribution in [2.75, 3.05) is 0 Å². The molecular weight excluding hydrogens is 206 g/mol. The largest absolute Gasteiger partial charge is 0.198 e. The van der Waals surface area contributed by atoms with Crippen molar-refractivity contribution in [3.63, 3.8) is 0 Å². The van der Waals surface area contributed by atoms with Gasteiger partial charge in [-0.2, -0.15) is 5.26 Å². The quantitative estimate of drug-likeness (QED) is 0.416. The minimum absolute atomic E-state index is 0.0568. The summed E-state index contributed by atoms with van der Waals surface area (Å²) in [4.78, 5) is 0. The fourth-order valence-corrected chi connectivity index (χ4v) is 3.07. The summed E-state index contributed by atoms with van der Waals surface area (Å²) in [7, 11) is 0. The molecular formula is C16H29N. The molecule has 0 aliphatic heterocycles. The summed E-state index contributed by atoms with van der Waals surface area (Å²) in [5, 5.41) is 9.46. The molecule has 0 bridgehead atoms. The van der Waals surface area contributed by atoms with Crippen molar-refractivity contribution in [1.82, 2.24) is 0 Å². The predicted octanol–water partition coefficient (Wildman–Crippen LogP) is 5.60. The van der Waals surface area contributed by atoms with Crippen LogP contribution in [0, 0.1) is 16.7 Å². The molecule has 0 N–H and O–H groups in total. The lowest BCUT2D eigenvalue weighted by atomic mass is 9.77. The Labute approximate surface area is 108 Å². The maximum Gasteiger partial charge on any atom is 0.0689 e. The van der Waals surface area contributed by atoms with Crippen molar-refractivity contribution in [3.8, 4) is 6.07 Å². The average molecular weight is 235 g/mol. The highest BCUT2D eigenvalue weighted by Gasteiger charge is 2.29. The van der Waals surface area contributed by atoms with Crippen LogP contribution < -0.4 is 0 Å². The van der Waals surface area contributed by atoms with Gasteiger partial charge in [0.1, 0.15) is 0 Å². The standard InChI is InChI=1S/C16H29N/c1-2-3-4-5-6-9-12-16(15-17)13-10-7-8-11-14-16/h2-14H2,1H3. The van der Waals surface area contributed by atoms with Gasteiger partial charge in [0.15, 0.2) is 0 Å². The summed E-state index contributed by atoms with van der Waals surface area (Å²) >= 11 is 0. The van der Waals surface area contributed by atoms with Crippen LogP contribution in [0.2, 0.25) is 0 Å². The van der Waals surface area contributed by atoms with Crippen molar-refractivity contribution in [1.29, 1.82) is 5.26 Å². The molecule has 1 nitrogen and oxygen atoms in total. The Kier molecular flexibility index (Phi) is 7.33. The first-order valence-electron chi connectivity index (χ1n) is 7.74. The number of rotatable bonds is 7. The van der Waals surface area contributed by atoms with Gasteiger partial charge in [0.05, 0.1) is 11.5 Å². The monoisotopic (exact) mass is 235 g/mol. The van der Waals surface area contributed by atoms with E-state index < -0.39 is 0 Å². The molecule has 0 saturated heterocycles. The van der Waals surface area contributed by atoms with Gasteiger partial charge in [0, 0.05) is 0 Å². The molecule has 1 saturated carbocycles. The first-order valence-corrected chi connectivity index (χ1v) is 7.74. The Hall–Kier alpha value is -0.510. The maximum absolute atomic E-state index is 9.46. The van der Waals surface area contributed by atoms with Crippen LogP contribution in [0.4, 0.5) is 0 Å². The van der Waals surface area contributed by atoms with E-state index in [1.807, 2.05) is 0 Å². The van der Waals surface area contributed by atoms with Crippen LogP contribution in [-0.2, 0) is 0 Å². The average Bonchev–Trinajstić information content (AvgIpc) is 2.60. The van der Waals surface area contributed by atoms with Gasteiger partial charge in [-0.1, -0.05) is 71.1 Å². The van der Waals surface area contributed by atoms with E-state index in [1.54, 1.807) is 0 Å². The number of nitrogens with zero attached hydrogens (tertiary/aromatic N) is 1. The molecule has 1 aliphatic rings. The van der Waals surface area contributed by atoms with Crippen LogP contribution in [0.5, 0.6) is 0 Å². The number of nitriles is 1. The Balaban J connectivity index is 2.19. The summed E-state index contributed by atoms with van der Waals surface area (Å²) in [6.07, 6.45) is 16.8. The van der Waals surface area contributed by atoms with E-state index in [4.69, 9.17) is 0 Å². The number of hydrogen-bond acceptors (Lipinski definition) is 1. The maximum atomic E-state index is 9.46. The number of hydrogen-bond donors (Lipinski definition) is 0. The molecule has 0 aromatic carbocycles. The zero-order valence-corrected chi connectivity index (χ0v) is 11.6. The Bertz CT molecular complexity index is 218. The molecule has 1 heteroatoms. The minimum atomic E-state index is 0.0568. The lowest BCUT2D eigenvalue weighted by molar-refractivity contribution is 0.302. The molecule has 0 atom stereocenters. The van der Waals surface area contributed by atoms with Crippen LogP contribution >= 0.6 is 0 Å². The third-order valence-corrected chi connectivity index (χ3v) is 4.31. The van der Waals surface area contributed by atoms with E-state index in [0.29, 0.717) is 0 Å². The molecule has 0 aromatic rings. The summed E-state index contributed by atoms with van der Waals surface area (Å²) in [6.45, 7) is 2.26. The van der Waals surface area contributed by atoms with Gasteiger partial charge in [-0.15, -0.1) is 0 Å². The highest BCUT2D eigenvalue weighted by Crippen LogP contribution is 2.38. The second-order valence-electron chi connectivity index (χ2n) is 5.82. The van der Waals surface area contributed by atoms with E-state index in [0.717, 1.165) is 6.42 Å².